The smallest absolute Gasteiger partial charge is 0.387 e. The number of hydrogen-bond acceptors (Lipinski definition) is 3. The van der Waals surface area contributed by atoms with Crippen LogP contribution in [0.5, 0.6) is 5.75 Å². The Labute approximate surface area is 103 Å². The third-order valence-corrected chi connectivity index (χ3v) is 2.15. The standard InChI is InChI=1S/C11H14F2N2O3/c1-7(14-11(16)15-17-2)8-3-5-9(6-4-8)18-10(12)13/h3-7,10H,1-2H3,(H2,14,15,16). The quantitative estimate of drug-likeness (QED) is 0.798. The van der Waals surface area contributed by atoms with E-state index in [0.29, 0.717) is 0 Å². The summed E-state index contributed by atoms with van der Waals surface area (Å²) in [6, 6.07) is 5.23. The van der Waals surface area contributed by atoms with Gasteiger partial charge < -0.3 is 10.1 Å². The Hall–Kier alpha value is -1.89. The second kappa shape index (κ2) is 6.75. The lowest BCUT2D eigenvalue weighted by molar-refractivity contribution is -0.0498. The van der Waals surface area contributed by atoms with E-state index in [4.69, 9.17) is 0 Å². The Balaban J connectivity index is 2.58. The molecule has 0 aliphatic carbocycles. The number of carbonyl (C=O) groups excluding carboxylic acids is 1. The minimum Gasteiger partial charge on any atom is -0.435 e. The lowest BCUT2D eigenvalue weighted by atomic mass is 10.1. The molecule has 0 aromatic heterocycles. The van der Waals surface area contributed by atoms with Gasteiger partial charge in [-0.25, -0.2) is 10.3 Å². The highest BCUT2D eigenvalue weighted by Crippen LogP contribution is 2.18. The van der Waals surface area contributed by atoms with E-state index in [2.05, 4.69) is 20.4 Å². The van der Waals surface area contributed by atoms with Crippen LogP contribution in [0, 0.1) is 0 Å². The van der Waals surface area contributed by atoms with Gasteiger partial charge in [-0.2, -0.15) is 8.78 Å². The predicted molar refractivity (Wildman–Crippen MR) is 60.2 cm³/mol. The highest BCUT2D eigenvalue weighted by atomic mass is 19.3. The molecule has 2 N–H and O–H groups in total. The molecule has 0 radical (unpaired) electrons. The molecular formula is C11H14F2N2O3. The summed E-state index contributed by atoms with van der Waals surface area (Å²) in [5.74, 6) is 0.0716. The molecule has 1 aromatic carbocycles. The molecule has 0 aliphatic rings. The number of hydrogen-bond donors (Lipinski definition) is 2. The Kier molecular flexibility index (Phi) is 5.31. The SMILES string of the molecule is CONC(=O)NC(C)c1ccc(OC(F)F)cc1. The summed E-state index contributed by atoms with van der Waals surface area (Å²) in [6.45, 7) is -1.10. The second-order valence-corrected chi connectivity index (χ2v) is 3.45. The first-order valence-electron chi connectivity index (χ1n) is 5.17. The van der Waals surface area contributed by atoms with Gasteiger partial charge in [0.25, 0.3) is 0 Å². The summed E-state index contributed by atoms with van der Waals surface area (Å²) >= 11 is 0. The highest BCUT2D eigenvalue weighted by molar-refractivity contribution is 5.73. The van der Waals surface area contributed by atoms with Gasteiger partial charge >= 0.3 is 12.6 Å². The van der Waals surface area contributed by atoms with Gasteiger partial charge in [-0.15, -0.1) is 0 Å². The molecule has 18 heavy (non-hydrogen) atoms. The number of carbonyl (C=O) groups is 1. The molecule has 0 saturated carbocycles. The van der Waals surface area contributed by atoms with Crippen LogP contribution in [0.25, 0.3) is 0 Å². The normalized spacial score (nSPS) is 12.1. The number of hydroxylamine groups is 1. The van der Waals surface area contributed by atoms with Crippen LogP contribution in [-0.2, 0) is 4.84 Å². The molecule has 1 aromatic rings. The van der Waals surface area contributed by atoms with Crippen molar-refractivity contribution in [2.45, 2.75) is 19.6 Å². The fourth-order valence-electron chi connectivity index (χ4n) is 1.34. The molecule has 1 rings (SSSR count). The average molecular weight is 260 g/mol. The minimum atomic E-state index is -2.85. The summed E-state index contributed by atoms with van der Waals surface area (Å²) in [7, 11) is 1.32. The predicted octanol–water partition coefficient (Wildman–Crippen LogP) is 2.21. The monoisotopic (exact) mass is 260 g/mol. The molecule has 7 heteroatoms. The molecule has 0 fully saturated rings. The maximum atomic E-state index is 11.9. The van der Waals surface area contributed by atoms with Gasteiger partial charge in [0.15, 0.2) is 0 Å². The summed E-state index contributed by atoms with van der Waals surface area (Å²) in [5, 5.41) is 2.59. The zero-order valence-electron chi connectivity index (χ0n) is 9.94. The van der Waals surface area contributed by atoms with Crippen molar-refractivity contribution in [1.82, 2.24) is 10.8 Å². The van der Waals surface area contributed by atoms with Crippen LogP contribution in [0.3, 0.4) is 0 Å². The van der Waals surface area contributed by atoms with Crippen molar-refractivity contribution in [1.29, 1.82) is 0 Å². The molecule has 5 nitrogen and oxygen atoms in total. The topological polar surface area (TPSA) is 59.6 Å². The highest BCUT2D eigenvalue weighted by Gasteiger charge is 2.10. The number of benzene rings is 1. The van der Waals surface area contributed by atoms with Crippen molar-refractivity contribution in [2.75, 3.05) is 7.11 Å². The van der Waals surface area contributed by atoms with E-state index in [1.807, 2.05) is 0 Å². The van der Waals surface area contributed by atoms with Gasteiger partial charge in [-0.1, -0.05) is 12.1 Å². The van der Waals surface area contributed by atoms with Crippen molar-refractivity contribution in [3.05, 3.63) is 29.8 Å². The van der Waals surface area contributed by atoms with Crippen molar-refractivity contribution in [3.63, 3.8) is 0 Å². The van der Waals surface area contributed by atoms with E-state index < -0.39 is 12.6 Å². The first-order valence-corrected chi connectivity index (χ1v) is 5.17. The Bertz CT molecular complexity index is 384. The Morgan fingerprint density at radius 1 is 1.28 bits per heavy atom. The van der Waals surface area contributed by atoms with Crippen LogP contribution in [0.15, 0.2) is 24.3 Å². The zero-order valence-corrected chi connectivity index (χ0v) is 9.94. The fraction of sp³-hybridized carbons (Fsp3) is 0.364. The molecule has 0 bridgehead atoms. The molecule has 2 amide bonds. The number of halogens is 2. The van der Waals surface area contributed by atoms with Gasteiger partial charge in [-0.3, -0.25) is 4.84 Å². The minimum absolute atomic E-state index is 0.0716. The van der Waals surface area contributed by atoms with E-state index >= 15 is 0 Å². The maximum Gasteiger partial charge on any atom is 0.387 e. The number of urea groups is 1. The van der Waals surface area contributed by atoms with Gasteiger partial charge in [-0.05, 0) is 24.6 Å². The van der Waals surface area contributed by atoms with E-state index in [-0.39, 0.29) is 11.8 Å². The Morgan fingerprint density at radius 2 is 1.89 bits per heavy atom. The van der Waals surface area contributed by atoms with Crippen LogP contribution in [-0.4, -0.2) is 19.8 Å². The van der Waals surface area contributed by atoms with E-state index in [9.17, 15) is 13.6 Å². The van der Waals surface area contributed by atoms with E-state index in [1.165, 1.54) is 19.2 Å². The van der Waals surface area contributed by atoms with Gasteiger partial charge in [0.1, 0.15) is 5.75 Å². The fourth-order valence-corrected chi connectivity index (χ4v) is 1.34. The molecule has 0 aliphatic heterocycles. The lowest BCUT2D eigenvalue weighted by Gasteiger charge is -2.14. The van der Waals surface area contributed by atoms with Crippen LogP contribution in [0.2, 0.25) is 0 Å². The van der Waals surface area contributed by atoms with Gasteiger partial charge in [0, 0.05) is 0 Å². The van der Waals surface area contributed by atoms with Gasteiger partial charge in [0.05, 0.1) is 13.2 Å². The Morgan fingerprint density at radius 3 is 2.39 bits per heavy atom. The van der Waals surface area contributed by atoms with E-state index in [1.54, 1.807) is 19.1 Å². The number of rotatable bonds is 5. The molecule has 1 atom stereocenters. The molecule has 1 unspecified atom stereocenters. The molecule has 100 valence electrons. The van der Waals surface area contributed by atoms with Crippen LogP contribution in [0.1, 0.15) is 18.5 Å². The van der Waals surface area contributed by atoms with Gasteiger partial charge in [0.2, 0.25) is 0 Å². The average Bonchev–Trinajstić information content (AvgIpc) is 2.29. The van der Waals surface area contributed by atoms with E-state index in [0.717, 1.165) is 5.56 Å². The van der Waals surface area contributed by atoms with Crippen molar-refractivity contribution < 1.29 is 23.1 Å². The van der Waals surface area contributed by atoms with Crippen molar-refractivity contribution >= 4 is 6.03 Å². The number of amides is 2. The lowest BCUT2D eigenvalue weighted by Crippen LogP contribution is -2.36. The summed E-state index contributed by atoms with van der Waals surface area (Å²) < 4.78 is 28.1. The molecule has 0 heterocycles. The number of nitrogens with one attached hydrogen (secondary N) is 2. The summed E-state index contributed by atoms with van der Waals surface area (Å²) in [6.07, 6.45) is 0. The maximum absolute atomic E-state index is 11.9. The second-order valence-electron chi connectivity index (χ2n) is 3.45. The number of ether oxygens (including phenoxy) is 1. The van der Waals surface area contributed by atoms with Crippen molar-refractivity contribution in [3.8, 4) is 5.75 Å². The van der Waals surface area contributed by atoms with Crippen LogP contribution >= 0.6 is 0 Å². The first-order chi connectivity index (χ1) is 8.52. The third-order valence-electron chi connectivity index (χ3n) is 2.15. The summed E-state index contributed by atoms with van der Waals surface area (Å²) in [5.41, 5.74) is 2.86. The third kappa shape index (κ3) is 4.54. The number of alkyl halides is 2. The van der Waals surface area contributed by atoms with Crippen LogP contribution in [0.4, 0.5) is 13.6 Å². The first kappa shape index (κ1) is 14.2. The van der Waals surface area contributed by atoms with Crippen molar-refractivity contribution in [2.24, 2.45) is 0 Å². The molecule has 0 spiro atoms. The zero-order chi connectivity index (χ0) is 13.5. The summed E-state index contributed by atoms with van der Waals surface area (Å²) in [4.78, 5) is 15.6. The molecule has 0 saturated heterocycles. The van der Waals surface area contributed by atoms with Crippen LogP contribution < -0.4 is 15.5 Å². The molecular weight excluding hydrogens is 246 g/mol. The largest absolute Gasteiger partial charge is 0.435 e.